The van der Waals surface area contributed by atoms with Gasteiger partial charge in [0.2, 0.25) is 0 Å². The van der Waals surface area contributed by atoms with E-state index in [4.69, 9.17) is 4.74 Å². The lowest BCUT2D eigenvalue weighted by molar-refractivity contribution is 0.0954. The Morgan fingerprint density at radius 1 is 0.933 bits per heavy atom. The summed E-state index contributed by atoms with van der Waals surface area (Å²) in [6, 6.07) is 22.4. The van der Waals surface area contributed by atoms with E-state index < -0.39 is 10.0 Å². The smallest absolute Gasteiger partial charge is 0.261 e. The first-order valence-corrected chi connectivity index (χ1v) is 11.1. The Balaban J connectivity index is 1.64. The van der Waals surface area contributed by atoms with Crippen LogP contribution in [-0.2, 0) is 16.4 Å². The Hall–Kier alpha value is -3.32. The molecule has 3 aromatic carbocycles. The molecule has 0 spiro atoms. The standard InChI is InChI=1S/C23H24N2O4S/c1-2-29-21-13-11-20(12-14-21)25-30(27,28)22-10-6-9-19(17-22)23(26)24-16-15-18-7-4-3-5-8-18/h3-14,17,25H,2,15-16H2,1H3,(H,24,26). The third-order valence-corrected chi connectivity index (χ3v) is 5.75. The van der Waals surface area contributed by atoms with Gasteiger partial charge in [-0.2, -0.15) is 0 Å². The van der Waals surface area contributed by atoms with E-state index in [0.717, 1.165) is 5.56 Å². The second kappa shape index (κ2) is 9.93. The molecule has 1 amide bonds. The van der Waals surface area contributed by atoms with Crippen molar-refractivity contribution in [3.05, 3.63) is 90.0 Å². The molecule has 0 saturated heterocycles. The molecule has 3 rings (SSSR count). The Morgan fingerprint density at radius 3 is 2.37 bits per heavy atom. The molecule has 0 radical (unpaired) electrons. The highest BCUT2D eigenvalue weighted by molar-refractivity contribution is 7.92. The van der Waals surface area contributed by atoms with Crippen LogP contribution in [0.4, 0.5) is 5.69 Å². The van der Waals surface area contributed by atoms with Crippen molar-refractivity contribution in [2.45, 2.75) is 18.2 Å². The molecule has 3 aromatic rings. The zero-order valence-electron chi connectivity index (χ0n) is 16.7. The number of carbonyl (C=O) groups is 1. The van der Waals surface area contributed by atoms with Crippen molar-refractivity contribution < 1.29 is 17.9 Å². The fourth-order valence-electron chi connectivity index (χ4n) is 2.87. The van der Waals surface area contributed by atoms with E-state index in [1.54, 1.807) is 36.4 Å². The number of ether oxygens (including phenoxy) is 1. The molecule has 0 aliphatic rings. The monoisotopic (exact) mass is 424 g/mol. The van der Waals surface area contributed by atoms with E-state index in [1.807, 2.05) is 37.3 Å². The molecule has 0 fully saturated rings. The molecule has 2 N–H and O–H groups in total. The van der Waals surface area contributed by atoms with Gasteiger partial charge in [-0.25, -0.2) is 8.42 Å². The van der Waals surface area contributed by atoms with Crippen molar-refractivity contribution in [3.8, 4) is 5.75 Å². The summed E-state index contributed by atoms with van der Waals surface area (Å²) < 4.78 is 33.3. The highest BCUT2D eigenvalue weighted by Gasteiger charge is 2.16. The van der Waals surface area contributed by atoms with Gasteiger partial charge in [0, 0.05) is 17.8 Å². The molecule has 0 aliphatic carbocycles. The SMILES string of the molecule is CCOc1ccc(NS(=O)(=O)c2cccc(C(=O)NCCc3ccccc3)c2)cc1. The topological polar surface area (TPSA) is 84.5 Å². The maximum Gasteiger partial charge on any atom is 0.261 e. The summed E-state index contributed by atoms with van der Waals surface area (Å²) in [5.41, 5.74) is 1.82. The van der Waals surface area contributed by atoms with E-state index in [0.29, 0.717) is 31.0 Å². The van der Waals surface area contributed by atoms with Crippen molar-refractivity contribution in [2.75, 3.05) is 17.9 Å². The number of rotatable bonds is 9. The summed E-state index contributed by atoms with van der Waals surface area (Å²) in [5.74, 6) is 0.346. The molecule has 156 valence electrons. The predicted molar refractivity (Wildman–Crippen MR) is 117 cm³/mol. The van der Waals surface area contributed by atoms with Crippen molar-refractivity contribution in [2.24, 2.45) is 0 Å². The van der Waals surface area contributed by atoms with Gasteiger partial charge in [0.25, 0.3) is 15.9 Å². The highest BCUT2D eigenvalue weighted by Crippen LogP contribution is 2.20. The molecule has 7 heteroatoms. The van der Waals surface area contributed by atoms with Gasteiger partial charge in [0.1, 0.15) is 5.75 Å². The lowest BCUT2D eigenvalue weighted by Gasteiger charge is -2.11. The molecule has 0 atom stereocenters. The molecule has 0 aliphatic heterocycles. The van der Waals surface area contributed by atoms with Gasteiger partial charge in [-0.1, -0.05) is 36.4 Å². The molecule has 0 unspecified atom stereocenters. The van der Waals surface area contributed by atoms with Gasteiger partial charge >= 0.3 is 0 Å². The van der Waals surface area contributed by atoms with E-state index in [2.05, 4.69) is 10.0 Å². The number of amides is 1. The summed E-state index contributed by atoms with van der Waals surface area (Å²) in [4.78, 5) is 12.5. The molecular weight excluding hydrogens is 400 g/mol. The Kier molecular flexibility index (Phi) is 7.08. The van der Waals surface area contributed by atoms with Crippen molar-refractivity contribution >= 4 is 21.6 Å². The zero-order valence-corrected chi connectivity index (χ0v) is 17.5. The van der Waals surface area contributed by atoms with Crippen molar-refractivity contribution in [1.29, 1.82) is 0 Å². The van der Waals surface area contributed by atoms with Crippen LogP contribution in [-0.4, -0.2) is 27.5 Å². The summed E-state index contributed by atoms with van der Waals surface area (Å²) in [7, 11) is -3.83. The van der Waals surface area contributed by atoms with Gasteiger partial charge < -0.3 is 10.1 Å². The van der Waals surface area contributed by atoms with E-state index in [9.17, 15) is 13.2 Å². The normalized spacial score (nSPS) is 11.0. The van der Waals surface area contributed by atoms with E-state index >= 15 is 0 Å². The zero-order chi connectivity index (χ0) is 21.4. The average Bonchev–Trinajstić information content (AvgIpc) is 2.76. The lowest BCUT2D eigenvalue weighted by atomic mass is 10.1. The number of anilines is 1. The average molecular weight is 425 g/mol. The number of hydrogen-bond donors (Lipinski definition) is 2. The van der Waals surface area contributed by atoms with Crippen LogP contribution in [0.3, 0.4) is 0 Å². The van der Waals surface area contributed by atoms with E-state index in [-0.39, 0.29) is 16.4 Å². The number of carbonyl (C=O) groups excluding carboxylic acids is 1. The molecule has 30 heavy (non-hydrogen) atoms. The van der Waals surface area contributed by atoms with Crippen molar-refractivity contribution in [3.63, 3.8) is 0 Å². The first-order valence-electron chi connectivity index (χ1n) is 9.66. The summed E-state index contributed by atoms with van der Waals surface area (Å²) >= 11 is 0. The fourth-order valence-corrected chi connectivity index (χ4v) is 3.98. The molecule has 0 bridgehead atoms. The molecule has 0 heterocycles. The van der Waals surface area contributed by atoms with Crippen LogP contribution in [0.2, 0.25) is 0 Å². The molecular formula is C23H24N2O4S. The summed E-state index contributed by atoms with van der Waals surface area (Å²) in [6.45, 7) is 2.87. The third-order valence-electron chi connectivity index (χ3n) is 4.37. The Bertz CT molecular complexity index is 1080. The van der Waals surface area contributed by atoms with Gasteiger partial charge in [0.15, 0.2) is 0 Å². The van der Waals surface area contributed by atoms with Crippen molar-refractivity contribution in [1.82, 2.24) is 5.32 Å². The largest absolute Gasteiger partial charge is 0.494 e. The van der Waals surface area contributed by atoms with Gasteiger partial charge in [0.05, 0.1) is 11.5 Å². The summed E-state index contributed by atoms with van der Waals surface area (Å²) in [6.07, 6.45) is 0.698. The van der Waals surface area contributed by atoms with Crippen LogP contribution < -0.4 is 14.8 Å². The first kappa shape index (κ1) is 21.4. The maximum absolute atomic E-state index is 12.7. The van der Waals surface area contributed by atoms with Crippen LogP contribution in [0.15, 0.2) is 83.8 Å². The van der Waals surface area contributed by atoms with Crippen LogP contribution in [0.1, 0.15) is 22.8 Å². The second-order valence-electron chi connectivity index (χ2n) is 6.58. The van der Waals surface area contributed by atoms with Gasteiger partial charge in [-0.15, -0.1) is 0 Å². The minimum atomic E-state index is -3.83. The molecule has 0 saturated carbocycles. The minimum absolute atomic E-state index is 0.0205. The Morgan fingerprint density at radius 2 is 1.67 bits per heavy atom. The van der Waals surface area contributed by atoms with Crippen LogP contribution in [0, 0.1) is 0 Å². The lowest BCUT2D eigenvalue weighted by Crippen LogP contribution is -2.26. The predicted octanol–water partition coefficient (Wildman–Crippen LogP) is 3.86. The van der Waals surface area contributed by atoms with Crippen LogP contribution >= 0.6 is 0 Å². The first-order chi connectivity index (χ1) is 14.5. The fraction of sp³-hybridized carbons (Fsp3) is 0.174. The summed E-state index contributed by atoms with van der Waals surface area (Å²) in [5, 5.41) is 2.83. The number of benzene rings is 3. The molecule has 0 aromatic heterocycles. The van der Waals surface area contributed by atoms with Crippen LogP contribution in [0.25, 0.3) is 0 Å². The number of sulfonamides is 1. The quantitative estimate of drug-likeness (QED) is 0.546. The second-order valence-corrected chi connectivity index (χ2v) is 8.26. The Labute approximate surface area is 177 Å². The van der Waals surface area contributed by atoms with Crippen LogP contribution in [0.5, 0.6) is 5.75 Å². The van der Waals surface area contributed by atoms with Gasteiger partial charge in [-0.3, -0.25) is 9.52 Å². The molecule has 6 nitrogen and oxygen atoms in total. The third kappa shape index (κ3) is 5.84. The number of nitrogens with one attached hydrogen (secondary N) is 2. The van der Waals surface area contributed by atoms with Gasteiger partial charge in [-0.05, 0) is 61.4 Å². The maximum atomic E-state index is 12.7. The highest BCUT2D eigenvalue weighted by atomic mass is 32.2. The van der Waals surface area contributed by atoms with E-state index in [1.165, 1.54) is 12.1 Å². The number of hydrogen-bond acceptors (Lipinski definition) is 4. The minimum Gasteiger partial charge on any atom is -0.494 e.